The molecule has 1 heterocycles. The maximum absolute atomic E-state index is 8.81. The smallest absolute Gasteiger partial charge is 0.399 e. The van der Waals surface area contributed by atoms with Gasteiger partial charge in [0.25, 0.3) is 0 Å². The minimum Gasteiger partial charge on any atom is -0.399 e. The molecule has 0 saturated carbocycles. The van der Waals surface area contributed by atoms with Crippen LogP contribution in [0.4, 0.5) is 0 Å². The Hall–Kier alpha value is -4.91. The summed E-state index contributed by atoms with van der Waals surface area (Å²) in [5.74, 6) is 0.368. The Balaban J connectivity index is 1.58. The van der Waals surface area contributed by atoms with Gasteiger partial charge in [0.15, 0.2) is 11.7 Å². The van der Waals surface area contributed by atoms with E-state index >= 15 is 0 Å². The lowest BCUT2D eigenvalue weighted by Crippen LogP contribution is -2.41. The zero-order chi connectivity index (χ0) is 39.2. The molecule has 4 rings (SSSR count). The van der Waals surface area contributed by atoms with Crippen molar-refractivity contribution in [2.75, 3.05) is 0 Å². The Bertz CT molecular complexity index is 1960. The molecule has 0 spiro atoms. The number of hydrogen-bond acceptors (Lipinski definition) is 3. The molecule has 1 aliphatic rings. The summed E-state index contributed by atoms with van der Waals surface area (Å²) in [4.78, 5) is 9.33. The second-order valence-corrected chi connectivity index (χ2v) is 16.5. The number of aliphatic imine (C=N–C) groups is 2. The standard InChI is InChI=1S/C47H56BN3O2/c1-14-35(36-24-28-40(29-25-36)44(4,5)6)17-15-16-32-50-43(39-22-20-37(21-23-39)38-26-30-41(31-27-38)45(7,8)9)51-42(49)33(2)18-19-34(3)48-52-46(10,11)47(12,13)53-48/h14-32,49H,1-3H2,4-13H3/b16-15+,19-18-,35-17+,49-42?,50-32+,51-43-. The Labute approximate surface area is 319 Å². The Morgan fingerprint density at radius 2 is 1.17 bits per heavy atom. The molecule has 6 heteroatoms. The third-order valence-corrected chi connectivity index (χ3v) is 9.78. The maximum atomic E-state index is 8.81. The second kappa shape index (κ2) is 16.4. The highest BCUT2D eigenvalue weighted by atomic mass is 16.7. The Kier molecular flexibility index (Phi) is 12.6. The van der Waals surface area contributed by atoms with Crippen molar-refractivity contribution in [1.29, 1.82) is 5.41 Å². The van der Waals surface area contributed by atoms with Crippen molar-refractivity contribution in [2.45, 2.75) is 91.3 Å². The molecule has 3 aromatic carbocycles. The quantitative estimate of drug-likeness (QED) is 0.0987. The van der Waals surface area contributed by atoms with Gasteiger partial charge < -0.3 is 9.31 Å². The van der Waals surface area contributed by atoms with Crippen molar-refractivity contribution >= 4 is 30.6 Å². The summed E-state index contributed by atoms with van der Waals surface area (Å²) in [7, 11) is -0.588. The van der Waals surface area contributed by atoms with Gasteiger partial charge in [-0.05, 0) is 83.5 Å². The van der Waals surface area contributed by atoms with E-state index in [9.17, 15) is 0 Å². The fraction of sp³-hybridized carbons (Fsp3) is 0.298. The van der Waals surface area contributed by atoms with Gasteiger partial charge in [-0.2, -0.15) is 0 Å². The third kappa shape index (κ3) is 10.6. The number of rotatable bonds is 10. The molecule has 1 fully saturated rings. The van der Waals surface area contributed by atoms with E-state index in [1.807, 2.05) is 64.1 Å². The van der Waals surface area contributed by atoms with E-state index < -0.39 is 18.3 Å². The van der Waals surface area contributed by atoms with Gasteiger partial charge in [0.05, 0.1) is 11.2 Å². The molecular weight excluding hydrogens is 649 g/mol. The molecule has 1 saturated heterocycles. The van der Waals surface area contributed by atoms with E-state index in [-0.39, 0.29) is 16.7 Å². The van der Waals surface area contributed by atoms with Crippen LogP contribution < -0.4 is 0 Å². The fourth-order valence-electron chi connectivity index (χ4n) is 5.45. The predicted octanol–water partition coefficient (Wildman–Crippen LogP) is 11.9. The first kappa shape index (κ1) is 40.9. The minimum atomic E-state index is -0.588. The molecule has 0 amide bonds. The summed E-state index contributed by atoms with van der Waals surface area (Å²) in [6.45, 7) is 33.5. The molecule has 0 aromatic heterocycles. The zero-order valence-corrected chi connectivity index (χ0v) is 33.4. The van der Waals surface area contributed by atoms with Crippen LogP contribution in [0.5, 0.6) is 0 Å². The van der Waals surface area contributed by atoms with Crippen molar-refractivity contribution in [1.82, 2.24) is 0 Å². The van der Waals surface area contributed by atoms with Gasteiger partial charge in [-0.25, -0.2) is 9.98 Å². The average Bonchev–Trinajstić information content (AvgIpc) is 3.33. The highest BCUT2D eigenvalue weighted by molar-refractivity contribution is 6.55. The normalized spacial score (nSPS) is 16.5. The topological polar surface area (TPSA) is 67.0 Å². The van der Waals surface area contributed by atoms with Gasteiger partial charge >= 0.3 is 7.12 Å². The molecule has 0 aliphatic carbocycles. The lowest BCUT2D eigenvalue weighted by molar-refractivity contribution is 0.00578. The highest BCUT2D eigenvalue weighted by Gasteiger charge is 2.51. The van der Waals surface area contributed by atoms with E-state index in [1.54, 1.807) is 18.4 Å². The van der Waals surface area contributed by atoms with Crippen LogP contribution in [-0.4, -0.2) is 36.2 Å². The molecular formula is C47H56BN3O2. The van der Waals surface area contributed by atoms with Gasteiger partial charge in [0, 0.05) is 17.4 Å². The SMILES string of the molecule is C=C\C(=C/C=C/C=N/C(=N\C(=N)C(=C)/C=C\C(=C)B1OC(C)(C)C(C)(C)O1)c1ccc(-c2ccc(C(C)(C)C)cc2)cc1)c1ccc(C(C)(C)C)cc1. The van der Waals surface area contributed by atoms with Gasteiger partial charge in [-0.3, -0.25) is 5.41 Å². The van der Waals surface area contributed by atoms with Gasteiger partial charge in [-0.15, -0.1) is 0 Å². The van der Waals surface area contributed by atoms with E-state index in [0.717, 1.165) is 27.8 Å². The Morgan fingerprint density at radius 3 is 1.66 bits per heavy atom. The fourth-order valence-corrected chi connectivity index (χ4v) is 5.45. The molecule has 274 valence electrons. The molecule has 0 radical (unpaired) electrons. The zero-order valence-electron chi connectivity index (χ0n) is 33.4. The molecule has 5 nitrogen and oxygen atoms in total. The summed E-state index contributed by atoms with van der Waals surface area (Å²) in [6, 6.07) is 25.3. The first-order valence-electron chi connectivity index (χ1n) is 18.2. The third-order valence-electron chi connectivity index (χ3n) is 9.78. The van der Waals surface area contributed by atoms with Crippen LogP contribution in [0.15, 0.2) is 150 Å². The lowest BCUT2D eigenvalue weighted by Gasteiger charge is -2.32. The van der Waals surface area contributed by atoms with Crippen LogP contribution in [0.2, 0.25) is 0 Å². The van der Waals surface area contributed by atoms with Crippen molar-refractivity contribution in [3.8, 4) is 11.1 Å². The highest BCUT2D eigenvalue weighted by Crippen LogP contribution is 2.38. The van der Waals surface area contributed by atoms with Crippen molar-refractivity contribution in [3.05, 3.63) is 162 Å². The minimum absolute atomic E-state index is 0.0199. The monoisotopic (exact) mass is 705 g/mol. The number of allylic oxidation sites excluding steroid dienone is 7. The van der Waals surface area contributed by atoms with E-state index in [4.69, 9.17) is 19.7 Å². The number of nitrogens with zero attached hydrogens (tertiary/aromatic N) is 2. The second-order valence-electron chi connectivity index (χ2n) is 16.5. The van der Waals surface area contributed by atoms with Crippen LogP contribution >= 0.6 is 0 Å². The number of amidine groups is 2. The molecule has 0 unspecified atom stereocenters. The van der Waals surface area contributed by atoms with Gasteiger partial charge in [-0.1, -0.05) is 164 Å². The van der Waals surface area contributed by atoms with Crippen LogP contribution in [0, 0.1) is 5.41 Å². The summed E-state index contributed by atoms with van der Waals surface area (Å²) in [5.41, 5.74) is 7.90. The molecule has 3 aromatic rings. The largest absolute Gasteiger partial charge is 0.494 e. The molecule has 0 atom stereocenters. The van der Waals surface area contributed by atoms with Crippen molar-refractivity contribution in [3.63, 3.8) is 0 Å². The van der Waals surface area contributed by atoms with E-state index in [0.29, 0.717) is 16.9 Å². The predicted molar refractivity (Wildman–Crippen MR) is 229 cm³/mol. The summed E-state index contributed by atoms with van der Waals surface area (Å²) >= 11 is 0. The van der Waals surface area contributed by atoms with Crippen LogP contribution in [-0.2, 0) is 20.1 Å². The molecule has 0 bridgehead atoms. The van der Waals surface area contributed by atoms with Crippen molar-refractivity contribution in [2.24, 2.45) is 9.98 Å². The molecule has 1 N–H and O–H groups in total. The van der Waals surface area contributed by atoms with E-state index in [1.165, 1.54) is 11.1 Å². The summed E-state index contributed by atoms with van der Waals surface area (Å²) in [5, 5.41) is 8.81. The lowest BCUT2D eigenvalue weighted by atomic mass is 9.79. The molecule has 1 aliphatic heterocycles. The Morgan fingerprint density at radius 1 is 0.698 bits per heavy atom. The van der Waals surface area contributed by atoms with Crippen LogP contribution in [0.25, 0.3) is 16.7 Å². The average molecular weight is 706 g/mol. The summed E-state index contributed by atoms with van der Waals surface area (Å²) < 4.78 is 12.2. The number of nitrogens with one attached hydrogen (secondary N) is 1. The van der Waals surface area contributed by atoms with Gasteiger partial charge in [0.2, 0.25) is 0 Å². The van der Waals surface area contributed by atoms with Crippen LogP contribution in [0.1, 0.15) is 91.5 Å². The first-order valence-corrected chi connectivity index (χ1v) is 18.2. The summed E-state index contributed by atoms with van der Waals surface area (Å²) in [6.07, 6.45) is 12.8. The number of benzene rings is 3. The van der Waals surface area contributed by atoms with Crippen LogP contribution in [0.3, 0.4) is 0 Å². The van der Waals surface area contributed by atoms with E-state index in [2.05, 4.69) is 127 Å². The van der Waals surface area contributed by atoms with Crippen molar-refractivity contribution < 1.29 is 9.31 Å². The maximum Gasteiger partial charge on any atom is 0.494 e. The van der Waals surface area contributed by atoms with Gasteiger partial charge in [0.1, 0.15) is 0 Å². The molecule has 53 heavy (non-hydrogen) atoms. The number of hydrogen-bond donors (Lipinski definition) is 1. The first-order chi connectivity index (χ1) is 24.7.